The topological polar surface area (TPSA) is 24.3 Å². The van der Waals surface area contributed by atoms with E-state index in [2.05, 4.69) is 41.0 Å². The zero-order valence-corrected chi connectivity index (χ0v) is 14.4. The predicted octanol–water partition coefficient (Wildman–Crippen LogP) is 2.85. The van der Waals surface area contributed by atoms with Gasteiger partial charge in [-0.05, 0) is 58.1 Å². The lowest BCUT2D eigenvalue weighted by atomic mass is 10.0. The lowest BCUT2D eigenvalue weighted by Gasteiger charge is -2.36. The Morgan fingerprint density at radius 1 is 1.27 bits per heavy atom. The van der Waals surface area contributed by atoms with Gasteiger partial charge in [0.2, 0.25) is 0 Å². The van der Waals surface area contributed by atoms with Crippen LogP contribution in [0.5, 0.6) is 0 Å². The van der Waals surface area contributed by atoms with Gasteiger partial charge in [-0.1, -0.05) is 0 Å². The van der Waals surface area contributed by atoms with Gasteiger partial charge in [0, 0.05) is 41.3 Å². The van der Waals surface area contributed by atoms with Crippen LogP contribution in [0.15, 0.2) is 30.6 Å². The molecule has 0 spiro atoms. The minimum atomic E-state index is 0.725. The minimum absolute atomic E-state index is 0.725. The van der Waals surface area contributed by atoms with Gasteiger partial charge in [0.05, 0.1) is 6.54 Å². The highest BCUT2D eigenvalue weighted by Crippen LogP contribution is 2.21. The van der Waals surface area contributed by atoms with Crippen molar-refractivity contribution in [1.29, 1.82) is 0 Å². The highest BCUT2D eigenvalue weighted by Gasteiger charge is 2.22. The highest BCUT2D eigenvalue weighted by molar-refractivity contribution is 7.11. The van der Waals surface area contributed by atoms with Crippen LogP contribution < -0.4 is 0 Å². The molecule has 1 aliphatic rings. The normalized spacial score (nSPS) is 17.4. The molecule has 2 aromatic rings. The van der Waals surface area contributed by atoms with E-state index in [-0.39, 0.29) is 0 Å². The fourth-order valence-corrected chi connectivity index (χ4v) is 4.16. The summed E-state index contributed by atoms with van der Waals surface area (Å²) < 4.78 is 2.03. The summed E-state index contributed by atoms with van der Waals surface area (Å²) in [6.07, 6.45) is 6.46. The molecule has 3 heterocycles. The van der Waals surface area contributed by atoms with Crippen molar-refractivity contribution in [3.05, 3.63) is 40.3 Å². The second-order valence-corrected chi connectivity index (χ2v) is 7.64. The molecule has 0 N–H and O–H groups in total. The van der Waals surface area contributed by atoms with Gasteiger partial charge < -0.3 is 4.90 Å². The molecule has 3 rings (SSSR count). The average Bonchev–Trinajstić information content (AvgIpc) is 3.17. The van der Waals surface area contributed by atoms with Crippen LogP contribution in [0.2, 0.25) is 0 Å². The van der Waals surface area contributed by atoms with E-state index in [1.165, 1.54) is 35.7 Å². The first-order chi connectivity index (χ1) is 10.7. The number of hydrogen-bond donors (Lipinski definition) is 0. The van der Waals surface area contributed by atoms with Gasteiger partial charge >= 0.3 is 0 Å². The molecule has 0 saturated carbocycles. The Morgan fingerprint density at radius 2 is 2.09 bits per heavy atom. The van der Waals surface area contributed by atoms with Crippen LogP contribution in [0.25, 0.3) is 0 Å². The average molecular weight is 318 g/mol. The van der Waals surface area contributed by atoms with Crippen LogP contribution in [0.1, 0.15) is 22.6 Å². The minimum Gasteiger partial charge on any atom is -0.301 e. The first-order valence-corrected chi connectivity index (χ1v) is 8.98. The van der Waals surface area contributed by atoms with Gasteiger partial charge in [-0.25, -0.2) is 0 Å². The van der Waals surface area contributed by atoms with Gasteiger partial charge in [0.1, 0.15) is 0 Å². The van der Waals surface area contributed by atoms with Crippen molar-refractivity contribution in [2.24, 2.45) is 0 Å². The van der Waals surface area contributed by atoms with E-state index in [9.17, 15) is 0 Å². The summed E-state index contributed by atoms with van der Waals surface area (Å²) in [5, 5.41) is 4.28. The van der Waals surface area contributed by atoms with E-state index in [1.54, 1.807) is 0 Å². The van der Waals surface area contributed by atoms with Crippen LogP contribution in [0.3, 0.4) is 0 Å². The number of aromatic nitrogens is 2. The Bertz CT molecular complexity index is 555. The second kappa shape index (κ2) is 7.40. The van der Waals surface area contributed by atoms with Crippen molar-refractivity contribution < 1.29 is 0 Å². The third-order valence-corrected chi connectivity index (χ3v) is 5.57. The quantitative estimate of drug-likeness (QED) is 0.818. The molecule has 22 heavy (non-hydrogen) atoms. The van der Waals surface area contributed by atoms with Gasteiger partial charge in [-0.15, -0.1) is 11.3 Å². The summed E-state index contributed by atoms with van der Waals surface area (Å²) in [4.78, 5) is 8.01. The number of hydrogen-bond acceptors (Lipinski definition) is 4. The standard InChI is InChI=1S/C17H26N4S/c1-15-4-5-17(22-15)14-19(2)16-6-10-20(11-7-16)12-13-21-9-3-8-18-21/h3-5,8-9,16H,6-7,10-14H2,1-2H3. The smallest absolute Gasteiger partial charge is 0.0536 e. The summed E-state index contributed by atoms with van der Waals surface area (Å²) >= 11 is 1.93. The Labute approximate surface area is 137 Å². The van der Waals surface area contributed by atoms with E-state index >= 15 is 0 Å². The highest BCUT2D eigenvalue weighted by atomic mass is 32.1. The molecule has 0 amide bonds. The third-order valence-electron chi connectivity index (χ3n) is 4.59. The van der Waals surface area contributed by atoms with E-state index in [0.29, 0.717) is 0 Å². The number of nitrogens with zero attached hydrogens (tertiary/aromatic N) is 4. The summed E-state index contributed by atoms with van der Waals surface area (Å²) in [5.74, 6) is 0. The zero-order valence-electron chi connectivity index (χ0n) is 13.6. The zero-order chi connectivity index (χ0) is 15.4. The molecule has 0 atom stereocenters. The molecule has 0 radical (unpaired) electrons. The number of thiophene rings is 1. The number of likely N-dealkylation sites (tertiary alicyclic amines) is 1. The first kappa shape index (κ1) is 15.7. The maximum atomic E-state index is 4.28. The Balaban J connectivity index is 1.41. The monoisotopic (exact) mass is 318 g/mol. The molecular formula is C17H26N4S. The molecule has 5 heteroatoms. The van der Waals surface area contributed by atoms with E-state index in [0.717, 1.165) is 25.7 Å². The summed E-state index contributed by atoms with van der Waals surface area (Å²) in [6, 6.07) is 7.22. The molecule has 1 aliphatic heterocycles. The largest absolute Gasteiger partial charge is 0.301 e. The van der Waals surface area contributed by atoms with Crippen molar-refractivity contribution in [1.82, 2.24) is 19.6 Å². The summed E-state index contributed by atoms with van der Waals surface area (Å²) in [6.45, 7) is 7.81. The Hall–Kier alpha value is -1.17. The molecule has 4 nitrogen and oxygen atoms in total. The van der Waals surface area contributed by atoms with Crippen molar-refractivity contribution >= 4 is 11.3 Å². The molecule has 1 fully saturated rings. The fourth-order valence-electron chi connectivity index (χ4n) is 3.21. The van der Waals surface area contributed by atoms with Gasteiger partial charge in [-0.3, -0.25) is 9.58 Å². The fraction of sp³-hybridized carbons (Fsp3) is 0.588. The number of piperidine rings is 1. The van der Waals surface area contributed by atoms with Gasteiger partial charge in [0.15, 0.2) is 0 Å². The summed E-state index contributed by atoms with van der Waals surface area (Å²) in [5.41, 5.74) is 0. The molecule has 0 aliphatic carbocycles. The molecule has 0 bridgehead atoms. The molecule has 0 aromatic carbocycles. The van der Waals surface area contributed by atoms with E-state index in [4.69, 9.17) is 0 Å². The molecule has 1 saturated heterocycles. The lowest BCUT2D eigenvalue weighted by molar-refractivity contribution is 0.121. The van der Waals surface area contributed by atoms with Crippen molar-refractivity contribution in [2.45, 2.75) is 38.9 Å². The van der Waals surface area contributed by atoms with Crippen LogP contribution in [-0.2, 0) is 13.1 Å². The molecule has 120 valence electrons. The molecular weight excluding hydrogens is 292 g/mol. The molecule has 2 aromatic heterocycles. The second-order valence-electron chi connectivity index (χ2n) is 6.27. The molecule has 0 unspecified atom stereocenters. The predicted molar refractivity (Wildman–Crippen MR) is 92.2 cm³/mol. The van der Waals surface area contributed by atoms with Crippen molar-refractivity contribution in [3.63, 3.8) is 0 Å². The number of aryl methyl sites for hydroxylation is 1. The van der Waals surface area contributed by atoms with Gasteiger partial charge in [0.25, 0.3) is 0 Å². The number of rotatable bonds is 6. The van der Waals surface area contributed by atoms with Crippen molar-refractivity contribution in [3.8, 4) is 0 Å². The van der Waals surface area contributed by atoms with Crippen molar-refractivity contribution in [2.75, 3.05) is 26.7 Å². The summed E-state index contributed by atoms with van der Waals surface area (Å²) in [7, 11) is 2.28. The Morgan fingerprint density at radius 3 is 2.73 bits per heavy atom. The van der Waals surface area contributed by atoms with Crippen LogP contribution in [0, 0.1) is 6.92 Å². The SMILES string of the molecule is Cc1ccc(CN(C)C2CCN(CCn3cccn3)CC2)s1. The van der Waals surface area contributed by atoms with E-state index in [1.807, 2.05) is 34.5 Å². The van der Waals surface area contributed by atoms with Crippen LogP contribution in [-0.4, -0.2) is 52.3 Å². The van der Waals surface area contributed by atoms with Crippen LogP contribution in [0.4, 0.5) is 0 Å². The maximum absolute atomic E-state index is 4.28. The van der Waals surface area contributed by atoms with Crippen LogP contribution >= 0.6 is 11.3 Å². The maximum Gasteiger partial charge on any atom is 0.0536 e. The Kier molecular flexibility index (Phi) is 5.28. The van der Waals surface area contributed by atoms with E-state index < -0.39 is 0 Å². The first-order valence-electron chi connectivity index (χ1n) is 8.16. The lowest BCUT2D eigenvalue weighted by Crippen LogP contribution is -2.43. The third kappa shape index (κ3) is 4.18. The van der Waals surface area contributed by atoms with Gasteiger partial charge in [-0.2, -0.15) is 5.10 Å².